The average molecular weight is 230 g/mol. The van der Waals surface area contributed by atoms with E-state index >= 15 is 0 Å². The average Bonchev–Trinajstić information content (AvgIpc) is 2.13. The molecule has 96 valence electrons. The van der Waals surface area contributed by atoms with Crippen molar-refractivity contribution in [3.8, 4) is 0 Å². The fourth-order valence-electron chi connectivity index (χ4n) is 1.11. The first-order valence-electron chi connectivity index (χ1n) is 5.99. The Kier molecular flexibility index (Phi) is 6.41. The summed E-state index contributed by atoms with van der Waals surface area (Å²) in [6.45, 7) is 10.5. The second-order valence-corrected chi connectivity index (χ2v) is 5.38. The molecule has 0 rings (SSSR count). The minimum Gasteiger partial charge on any atom is -0.391 e. The summed E-state index contributed by atoms with van der Waals surface area (Å²) < 4.78 is 0. The Morgan fingerprint density at radius 1 is 1.38 bits per heavy atom. The number of hydrogen-bond acceptors (Lipinski definition) is 2. The minimum atomic E-state index is -0.444. The van der Waals surface area contributed by atoms with E-state index in [-0.39, 0.29) is 17.5 Å². The van der Waals surface area contributed by atoms with Crippen molar-refractivity contribution in [2.45, 2.75) is 59.6 Å². The van der Waals surface area contributed by atoms with Gasteiger partial charge in [0.05, 0.1) is 6.10 Å². The van der Waals surface area contributed by atoms with Crippen LogP contribution in [0.5, 0.6) is 0 Å². The van der Waals surface area contributed by atoms with Crippen LogP contribution in [0, 0.1) is 5.41 Å². The molecule has 0 bridgehead atoms. The van der Waals surface area contributed by atoms with Crippen LogP contribution in [0.1, 0.15) is 47.5 Å². The normalized spacial score (nSPS) is 15.4. The number of rotatable bonds is 5. The molecular formula is C12H26N2O2. The zero-order valence-electron chi connectivity index (χ0n) is 11.1. The summed E-state index contributed by atoms with van der Waals surface area (Å²) in [5.41, 5.74) is 0.0410. The van der Waals surface area contributed by atoms with Gasteiger partial charge in [-0.1, -0.05) is 34.1 Å². The lowest BCUT2D eigenvalue weighted by Crippen LogP contribution is -2.47. The van der Waals surface area contributed by atoms with Crippen molar-refractivity contribution in [2.24, 2.45) is 5.41 Å². The Morgan fingerprint density at radius 2 is 1.94 bits per heavy atom. The van der Waals surface area contributed by atoms with Crippen molar-refractivity contribution >= 4 is 6.03 Å². The Balaban J connectivity index is 3.83. The number of carbonyl (C=O) groups is 1. The van der Waals surface area contributed by atoms with E-state index in [1.165, 1.54) is 0 Å². The van der Waals surface area contributed by atoms with Crippen LogP contribution >= 0.6 is 0 Å². The van der Waals surface area contributed by atoms with E-state index in [0.717, 1.165) is 12.8 Å². The van der Waals surface area contributed by atoms with Gasteiger partial charge in [0.2, 0.25) is 0 Å². The maximum Gasteiger partial charge on any atom is 0.315 e. The highest BCUT2D eigenvalue weighted by Crippen LogP contribution is 2.18. The van der Waals surface area contributed by atoms with Gasteiger partial charge < -0.3 is 15.7 Å². The number of amides is 2. The Labute approximate surface area is 98.8 Å². The quantitative estimate of drug-likeness (QED) is 0.675. The van der Waals surface area contributed by atoms with Crippen LogP contribution in [0.2, 0.25) is 0 Å². The minimum absolute atomic E-state index is 0.0410. The van der Waals surface area contributed by atoms with E-state index in [2.05, 4.69) is 31.4 Å². The summed E-state index contributed by atoms with van der Waals surface area (Å²) in [5, 5.41) is 15.0. The van der Waals surface area contributed by atoms with E-state index in [0.29, 0.717) is 6.54 Å². The van der Waals surface area contributed by atoms with Crippen LogP contribution in [0.25, 0.3) is 0 Å². The van der Waals surface area contributed by atoms with Gasteiger partial charge in [-0.15, -0.1) is 0 Å². The molecule has 0 fully saturated rings. The lowest BCUT2D eigenvalue weighted by atomic mass is 9.88. The van der Waals surface area contributed by atoms with Crippen LogP contribution in [-0.4, -0.2) is 29.8 Å². The molecule has 0 aliphatic carbocycles. The molecule has 0 aliphatic rings. The molecule has 2 unspecified atom stereocenters. The molecule has 16 heavy (non-hydrogen) atoms. The van der Waals surface area contributed by atoms with Crippen LogP contribution in [0.15, 0.2) is 0 Å². The first kappa shape index (κ1) is 15.2. The van der Waals surface area contributed by atoms with E-state index in [9.17, 15) is 9.90 Å². The summed E-state index contributed by atoms with van der Waals surface area (Å²) in [7, 11) is 0. The maximum atomic E-state index is 11.5. The predicted molar refractivity (Wildman–Crippen MR) is 66.4 cm³/mol. The first-order chi connectivity index (χ1) is 7.27. The molecule has 0 heterocycles. The van der Waals surface area contributed by atoms with Gasteiger partial charge in [0.25, 0.3) is 0 Å². The van der Waals surface area contributed by atoms with Crippen molar-refractivity contribution in [1.82, 2.24) is 10.6 Å². The molecule has 0 radical (unpaired) electrons. The molecule has 4 heteroatoms. The van der Waals surface area contributed by atoms with Gasteiger partial charge in [0.15, 0.2) is 0 Å². The lowest BCUT2D eigenvalue weighted by Gasteiger charge is -2.28. The van der Waals surface area contributed by atoms with Crippen LogP contribution in [0.4, 0.5) is 4.79 Å². The van der Waals surface area contributed by atoms with Crippen molar-refractivity contribution in [1.29, 1.82) is 0 Å². The fourth-order valence-corrected chi connectivity index (χ4v) is 1.11. The lowest BCUT2D eigenvalue weighted by molar-refractivity contribution is 0.158. The van der Waals surface area contributed by atoms with Crippen molar-refractivity contribution < 1.29 is 9.90 Å². The molecular weight excluding hydrogens is 204 g/mol. The monoisotopic (exact) mass is 230 g/mol. The van der Waals surface area contributed by atoms with Gasteiger partial charge >= 0.3 is 6.03 Å². The van der Waals surface area contributed by atoms with Gasteiger partial charge in [0, 0.05) is 12.6 Å². The second kappa shape index (κ2) is 6.74. The standard InChI is InChI=1S/C12H26N2O2/c1-6-7-10(15)8-13-11(16)14-9(2)12(3,4)5/h9-10,15H,6-8H2,1-5H3,(H2,13,14,16). The molecule has 2 amide bonds. The summed E-state index contributed by atoms with van der Waals surface area (Å²) in [5.74, 6) is 0. The van der Waals surface area contributed by atoms with Gasteiger partial charge in [-0.05, 0) is 18.8 Å². The summed E-state index contributed by atoms with van der Waals surface area (Å²) in [6.07, 6.45) is 1.19. The van der Waals surface area contributed by atoms with E-state index < -0.39 is 6.10 Å². The summed E-state index contributed by atoms with van der Waals surface area (Å²) in [6, 6.07) is -0.117. The molecule has 4 nitrogen and oxygen atoms in total. The molecule has 0 aliphatic heterocycles. The van der Waals surface area contributed by atoms with Crippen molar-refractivity contribution in [3.63, 3.8) is 0 Å². The molecule has 0 aromatic carbocycles. The molecule has 3 N–H and O–H groups in total. The smallest absolute Gasteiger partial charge is 0.315 e. The molecule has 0 spiro atoms. The topological polar surface area (TPSA) is 61.4 Å². The Bertz CT molecular complexity index is 212. The Hall–Kier alpha value is -0.770. The zero-order chi connectivity index (χ0) is 12.8. The number of hydrogen-bond donors (Lipinski definition) is 3. The van der Waals surface area contributed by atoms with E-state index in [4.69, 9.17) is 0 Å². The molecule has 0 aromatic heterocycles. The zero-order valence-corrected chi connectivity index (χ0v) is 11.1. The predicted octanol–water partition coefficient (Wildman–Crippen LogP) is 1.88. The van der Waals surface area contributed by atoms with Crippen LogP contribution < -0.4 is 10.6 Å². The second-order valence-electron chi connectivity index (χ2n) is 5.38. The highest BCUT2D eigenvalue weighted by molar-refractivity contribution is 5.74. The Morgan fingerprint density at radius 3 is 2.38 bits per heavy atom. The fraction of sp³-hybridized carbons (Fsp3) is 0.917. The summed E-state index contributed by atoms with van der Waals surface area (Å²) >= 11 is 0. The number of aliphatic hydroxyl groups excluding tert-OH is 1. The molecule has 2 atom stereocenters. The highest BCUT2D eigenvalue weighted by Gasteiger charge is 2.21. The maximum absolute atomic E-state index is 11.5. The van der Waals surface area contributed by atoms with E-state index in [1.807, 2.05) is 13.8 Å². The third kappa shape index (κ3) is 6.67. The van der Waals surface area contributed by atoms with Crippen molar-refractivity contribution in [2.75, 3.05) is 6.54 Å². The first-order valence-corrected chi connectivity index (χ1v) is 5.99. The third-order valence-electron chi connectivity index (χ3n) is 2.77. The van der Waals surface area contributed by atoms with Gasteiger partial charge in [-0.3, -0.25) is 0 Å². The molecule has 0 aromatic rings. The molecule has 0 saturated carbocycles. The SMILES string of the molecule is CCCC(O)CNC(=O)NC(C)C(C)(C)C. The van der Waals surface area contributed by atoms with Crippen LogP contribution in [-0.2, 0) is 0 Å². The number of carbonyl (C=O) groups excluding carboxylic acids is 1. The van der Waals surface area contributed by atoms with E-state index in [1.54, 1.807) is 0 Å². The van der Waals surface area contributed by atoms with Crippen LogP contribution in [0.3, 0.4) is 0 Å². The van der Waals surface area contributed by atoms with Crippen molar-refractivity contribution in [3.05, 3.63) is 0 Å². The number of urea groups is 1. The van der Waals surface area contributed by atoms with Gasteiger partial charge in [-0.2, -0.15) is 0 Å². The highest BCUT2D eigenvalue weighted by atomic mass is 16.3. The van der Waals surface area contributed by atoms with Gasteiger partial charge in [-0.25, -0.2) is 4.79 Å². The largest absolute Gasteiger partial charge is 0.391 e. The summed E-state index contributed by atoms with van der Waals surface area (Å²) in [4.78, 5) is 11.5. The molecule has 0 saturated heterocycles. The van der Waals surface area contributed by atoms with Gasteiger partial charge in [0.1, 0.15) is 0 Å². The number of nitrogens with one attached hydrogen (secondary N) is 2. The number of aliphatic hydroxyl groups is 1. The third-order valence-corrected chi connectivity index (χ3v) is 2.77.